The molecule has 0 bridgehead atoms. The van der Waals surface area contributed by atoms with Crippen LogP contribution in [0.25, 0.3) is 5.82 Å². The minimum absolute atomic E-state index is 0.635. The van der Waals surface area contributed by atoms with E-state index in [1.165, 1.54) is 0 Å². The fraction of sp³-hybridized carbons (Fsp3) is 0.100. The third-order valence-electron chi connectivity index (χ3n) is 1.94. The summed E-state index contributed by atoms with van der Waals surface area (Å²) in [4.78, 5) is 4.27. The molecule has 15 heavy (non-hydrogen) atoms. The summed E-state index contributed by atoms with van der Waals surface area (Å²) in [6, 6.07) is 5.74. The van der Waals surface area contributed by atoms with E-state index in [1.807, 2.05) is 24.4 Å². The van der Waals surface area contributed by atoms with Crippen molar-refractivity contribution >= 4 is 6.72 Å². The highest BCUT2D eigenvalue weighted by Gasteiger charge is 1.97. The predicted octanol–water partition coefficient (Wildman–Crippen LogP) is 0.972. The Morgan fingerprint density at radius 2 is 2.40 bits per heavy atom. The standard InChI is InChI=1S/C10H11N5/c1-11-13-8-9-3-4-10(12-7-9)15-6-2-5-14-15/h2-7,13H,1,8H2. The highest BCUT2D eigenvalue weighted by atomic mass is 15.3. The van der Waals surface area contributed by atoms with Gasteiger partial charge in [0.25, 0.3) is 0 Å². The third-order valence-corrected chi connectivity index (χ3v) is 1.94. The van der Waals surface area contributed by atoms with E-state index in [4.69, 9.17) is 0 Å². The minimum atomic E-state index is 0.635. The molecular weight excluding hydrogens is 190 g/mol. The zero-order chi connectivity index (χ0) is 10.5. The highest BCUT2D eigenvalue weighted by Crippen LogP contribution is 2.04. The first-order valence-corrected chi connectivity index (χ1v) is 4.53. The molecule has 0 fully saturated rings. The fourth-order valence-corrected chi connectivity index (χ4v) is 1.21. The second-order valence-electron chi connectivity index (χ2n) is 2.97. The number of nitrogens with zero attached hydrogens (tertiary/aromatic N) is 4. The SMILES string of the molecule is C=NNCc1ccc(-n2cccn2)nc1. The number of hydrogen-bond donors (Lipinski definition) is 1. The lowest BCUT2D eigenvalue weighted by molar-refractivity contribution is 0.744. The molecule has 2 heterocycles. The molecule has 0 aliphatic rings. The van der Waals surface area contributed by atoms with Gasteiger partial charge in [0.1, 0.15) is 0 Å². The molecule has 0 unspecified atom stereocenters. The number of nitrogens with one attached hydrogen (secondary N) is 1. The van der Waals surface area contributed by atoms with Gasteiger partial charge < -0.3 is 5.43 Å². The van der Waals surface area contributed by atoms with E-state index in [1.54, 1.807) is 17.1 Å². The van der Waals surface area contributed by atoms with Crippen LogP contribution >= 0.6 is 0 Å². The maximum absolute atomic E-state index is 4.27. The lowest BCUT2D eigenvalue weighted by atomic mass is 10.3. The highest BCUT2D eigenvalue weighted by molar-refractivity contribution is 5.25. The number of pyridine rings is 1. The summed E-state index contributed by atoms with van der Waals surface area (Å²) in [5, 5.41) is 7.65. The van der Waals surface area contributed by atoms with Gasteiger partial charge in [-0.3, -0.25) is 0 Å². The molecule has 0 saturated carbocycles. The van der Waals surface area contributed by atoms with Crippen molar-refractivity contribution in [2.24, 2.45) is 5.10 Å². The van der Waals surface area contributed by atoms with Crippen LogP contribution in [0.3, 0.4) is 0 Å². The molecule has 1 N–H and O–H groups in total. The Morgan fingerprint density at radius 1 is 1.47 bits per heavy atom. The van der Waals surface area contributed by atoms with Gasteiger partial charge in [-0.05, 0) is 17.7 Å². The van der Waals surface area contributed by atoms with Crippen molar-refractivity contribution in [1.29, 1.82) is 0 Å². The van der Waals surface area contributed by atoms with Crippen LogP contribution in [0.5, 0.6) is 0 Å². The molecule has 5 nitrogen and oxygen atoms in total. The Morgan fingerprint density at radius 3 is 3.00 bits per heavy atom. The normalized spacial score (nSPS) is 9.87. The first-order chi connectivity index (χ1) is 7.40. The zero-order valence-corrected chi connectivity index (χ0v) is 8.17. The van der Waals surface area contributed by atoms with Crippen molar-refractivity contribution in [3.8, 4) is 5.82 Å². The number of aromatic nitrogens is 3. The molecule has 2 rings (SSSR count). The average molecular weight is 201 g/mol. The summed E-state index contributed by atoms with van der Waals surface area (Å²) in [5.74, 6) is 0.801. The van der Waals surface area contributed by atoms with Crippen molar-refractivity contribution in [3.05, 3.63) is 42.4 Å². The Labute approximate surface area is 87.5 Å². The van der Waals surface area contributed by atoms with Gasteiger partial charge in [0.05, 0.1) is 6.54 Å². The second-order valence-corrected chi connectivity index (χ2v) is 2.97. The largest absolute Gasteiger partial charge is 0.306 e. The van der Waals surface area contributed by atoms with E-state index >= 15 is 0 Å². The maximum Gasteiger partial charge on any atom is 0.153 e. The lowest BCUT2D eigenvalue weighted by Crippen LogP contribution is -2.05. The molecule has 0 aliphatic heterocycles. The van der Waals surface area contributed by atoms with Crippen LogP contribution in [0, 0.1) is 0 Å². The van der Waals surface area contributed by atoms with E-state index in [2.05, 4.69) is 27.3 Å². The van der Waals surface area contributed by atoms with E-state index in [0.717, 1.165) is 11.4 Å². The van der Waals surface area contributed by atoms with Crippen LogP contribution in [0.15, 0.2) is 41.9 Å². The van der Waals surface area contributed by atoms with Crippen LogP contribution in [-0.2, 0) is 6.54 Å². The molecule has 0 aromatic carbocycles. The molecule has 76 valence electrons. The van der Waals surface area contributed by atoms with Gasteiger partial charge in [0, 0.05) is 25.3 Å². The Kier molecular flexibility index (Phi) is 2.73. The molecule has 0 radical (unpaired) electrons. The topological polar surface area (TPSA) is 55.1 Å². The van der Waals surface area contributed by atoms with Crippen molar-refractivity contribution < 1.29 is 0 Å². The van der Waals surface area contributed by atoms with E-state index in [-0.39, 0.29) is 0 Å². The molecule has 2 aromatic heterocycles. The van der Waals surface area contributed by atoms with Crippen LogP contribution < -0.4 is 5.43 Å². The summed E-state index contributed by atoms with van der Waals surface area (Å²) >= 11 is 0. The van der Waals surface area contributed by atoms with Crippen molar-refractivity contribution in [1.82, 2.24) is 20.2 Å². The van der Waals surface area contributed by atoms with Crippen LogP contribution in [0.2, 0.25) is 0 Å². The maximum atomic E-state index is 4.27. The first kappa shape index (κ1) is 9.39. The molecule has 0 atom stereocenters. The molecule has 0 amide bonds. The Bertz CT molecular complexity index is 418. The van der Waals surface area contributed by atoms with Gasteiger partial charge in [-0.25, -0.2) is 9.67 Å². The van der Waals surface area contributed by atoms with Crippen LogP contribution in [0.4, 0.5) is 0 Å². The van der Waals surface area contributed by atoms with Crippen molar-refractivity contribution in [2.75, 3.05) is 0 Å². The van der Waals surface area contributed by atoms with Gasteiger partial charge in [0.2, 0.25) is 0 Å². The summed E-state index contributed by atoms with van der Waals surface area (Å²) in [6.45, 7) is 3.97. The van der Waals surface area contributed by atoms with Gasteiger partial charge in [-0.2, -0.15) is 10.2 Å². The second kappa shape index (κ2) is 4.36. The van der Waals surface area contributed by atoms with Gasteiger partial charge in [-0.15, -0.1) is 0 Å². The van der Waals surface area contributed by atoms with E-state index in [9.17, 15) is 0 Å². The number of hydrogen-bond acceptors (Lipinski definition) is 4. The third kappa shape index (κ3) is 2.19. The predicted molar refractivity (Wildman–Crippen MR) is 57.7 cm³/mol. The lowest BCUT2D eigenvalue weighted by Gasteiger charge is -2.02. The van der Waals surface area contributed by atoms with Crippen LogP contribution in [-0.4, -0.2) is 21.5 Å². The molecule has 0 saturated heterocycles. The van der Waals surface area contributed by atoms with E-state index in [0.29, 0.717) is 6.54 Å². The molecule has 0 spiro atoms. The molecule has 5 heteroatoms. The Balaban J connectivity index is 2.14. The summed E-state index contributed by atoms with van der Waals surface area (Å²) < 4.78 is 1.71. The van der Waals surface area contributed by atoms with E-state index < -0.39 is 0 Å². The first-order valence-electron chi connectivity index (χ1n) is 4.53. The smallest absolute Gasteiger partial charge is 0.153 e. The summed E-state index contributed by atoms with van der Waals surface area (Å²) in [5.41, 5.74) is 3.82. The van der Waals surface area contributed by atoms with Gasteiger partial charge >= 0.3 is 0 Å². The Hall–Kier alpha value is -2.17. The quantitative estimate of drug-likeness (QED) is 0.592. The van der Waals surface area contributed by atoms with Gasteiger partial charge in [-0.1, -0.05) is 6.07 Å². The van der Waals surface area contributed by atoms with Crippen LogP contribution in [0.1, 0.15) is 5.56 Å². The number of rotatable bonds is 4. The average Bonchev–Trinajstić information content (AvgIpc) is 2.80. The number of hydrazone groups is 1. The molecule has 0 aliphatic carbocycles. The van der Waals surface area contributed by atoms with Gasteiger partial charge in [0.15, 0.2) is 5.82 Å². The summed E-state index contributed by atoms with van der Waals surface area (Å²) in [7, 11) is 0. The zero-order valence-electron chi connectivity index (χ0n) is 8.17. The van der Waals surface area contributed by atoms with Crippen molar-refractivity contribution in [2.45, 2.75) is 6.54 Å². The summed E-state index contributed by atoms with van der Waals surface area (Å²) in [6.07, 6.45) is 5.36. The monoisotopic (exact) mass is 201 g/mol. The van der Waals surface area contributed by atoms with Crippen molar-refractivity contribution in [3.63, 3.8) is 0 Å². The molecular formula is C10H11N5. The fourth-order valence-electron chi connectivity index (χ4n) is 1.21. The minimum Gasteiger partial charge on any atom is -0.306 e. The molecule has 2 aromatic rings.